The fraction of sp³-hybridized carbons (Fsp3) is 0.333. The molecule has 110 valence electrons. The van der Waals surface area contributed by atoms with Gasteiger partial charge in [-0.2, -0.15) is 0 Å². The van der Waals surface area contributed by atoms with Crippen LogP contribution in [0, 0.1) is 0 Å². The molecule has 0 amide bonds. The van der Waals surface area contributed by atoms with E-state index in [4.69, 9.17) is 4.74 Å². The highest BCUT2D eigenvalue weighted by molar-refractivity contribution is 5.37. The van der Waals surface area contributed by atoms with Crippen LogP contribution in [-0.2, 0) is 6.54 Å². The maximum absolute atomic E-state index is 10.7. The molecule has 2 aromatic carbocycles. The van der Waals surface area contributed by atoms with Crippen LogP contribution in [0.3, 0.4) is 0 Å². The zero-order valence-corrected chi connectivity index (χ0v) is 12.3. The molecule has 0 fully saturated rings. The molecule has 0 saturated carbocycles. The molecule has 1 N–H and O–H groups in total. The van der Waals surface area contributed by atoms with E-state index in [1.165, 1.54) is 5.56 Å². The first-order chi connectivity index (χ1) is 10.3. The Balaban J connectivity index is 1.79. The van der Waals surface area contributed by atoms with E-state index in [2.05, 4.69) is 24.0 Å². The molecule has 0 saturated heterocycles. The molecule has 0 aliphatic carbocycles. The monoisotopic (exact) mass is 283 g/mol. The quantitative estimate of drug-likeness (QED) is 0.936. The van der Waals surface area contributed by atoms with Gasteiger partial charge < -0.3 is 9.84 Å². The third-order valence-electron chi connectivity index (χ3n) is 4.12. The molecule has 2 atom stereocenters. The molecule has 1 aliphatic rings. The molecular formula is C18H21NO2. The highest BCUT2D eigenvalue weighted by atomic mass is 16.5. The normalized spacial score (nSPS) is 20.9. The summed E-state index contributed by atoms with van der Waals surface area (Å²) in [4.78, 5) is 2.27. The predicted octanol–water partition coefficient (Wildman–Crippen LogP) is 3.00. The third kappa shape index (κ3) is 2.94. The summed E-state index contributed by atoms with van der Waals surface area (Å²) < 4.78 is 5.83. The van der Waals surface area contributed by atoms with Crippen LogP contribution >= 0.6 is 0 Å². The minimum atomic E-state index is -0.501. The number of fused-ring (bicyclic) bond motifs is 1. The Morgan fingerprint density at radius 2 is 1.81 bits per heavy atom. The molecule has 3 nitrogen and oxygen atoms in total. The number of nitrogens with zero attached hydrogens (tertiary/aromatic N) is 1. The summed E-state index contributed by atoms with van der Waals surface area (Å²) in [5, 5.41) is 10.7. The van der Waals surface area contributed by atoms with Gasteiger partial charge in [-0.15, -0.1) is 0 Å². The number of aliphatic hydroxyl groups excluding tert-OH is 1. The lowest BCUT2D eigenvalue weighted by molar-refractivity contribution is 0.00181. The minimum absolute atomic E-state index is 0.00916. The lowest BCUT2D eigenvalue weighted by atomic mass is 9.97. The van der Waals surface area contributed by atoms with Gasteiger partial charge >= 0.3 is 0 Å². The molecule has 0 spiro atoms. The Kier molecular flexibility index (Phi) is 4.23. The molecule has 3 heteroatoms. The van der Waals surface area contributed by atoms with Crippen molar-refractivity contribution in [1.82, 2.24) is 4.90 Å². The van der Waals surface area contributed by atoms with Gasteiger partial charge in [0.15, 0.2) is 0 Å². The SMILES string of the molecule is CCN(Cc1ccccc1)C1COc2ccccc2C1O. The molecule has 2 unspecified atom stereocenters. The van der Waals surface area contributed by atoms with Crippen molar-refractivity contribution in [3.05, 3.63) is 65.7 Å². The highest BCUT2D eigenvalue weighted by Gasteiger charge is 2.32. The summed E-state index contributed by atoms with van der Waals surface area (Å²) >= 11 is 0. The van der Waals surface area contributed by atoms with Gasteiger partial charge in [-0.05, 0) is 18.2 Å². The molecular weight excluding hydrogens is 262 g/mol. The summed E-state index contributed by atoms with van der Waals surface area (Å²) in [5.74, 6) is 0.803. The molecule has 1 heterocycles. The van der Waals surface area contributed by atoms with Crippen LogP contribution in [0.15, 0.2) is 54.6 Å². The maximum atomic E-state index is 10.7. The first-order valence-electron chi connectivity index (χ1n) is 7.47. The van der Waals surface area contributed by atoms with Crippen molar-refractivity contribution in [2.75, 3.05) is 13.2 Å². The van der Waals surface area contributed by atoms with Gasteiger partial charge in [0.1, 0.15) is 18.5 Å². The van der Waals surface area contributed by atoms with Gasteiger partial charge in [0.25, 0.3) is 0 Å². The van der Waals surface area contributed by atoms with Gasteiger partial charge in [0.2, 0.25) is 0 Å². The second kappa shape index (κ2) is 6.29. The van der Waals surface area contributed by atoms with Crippen LogP contribution in [0.1, 0.15) is 24.2 Å². The number of hydrogen-bond donors (Lipinski definition) is 1. The Labute approximate surface area is 125 Å². The van der Waals surface area contributed by atoms with Crippen LogP contribution in [0.4, 0.5) is 0 Å². The van der Waals surface area contributed by atoms with Crippen LogP contribution in [0.2, 0.25) is 0 Å². The lowest BCUT2D eigenvalue weighted by Gasteiger charge is -2.37. The van der Waals surface area contributed by atoms with Crippen molar-refractivity contribution in [3.63, 3.8) is 0 Å². The van der Waals surface area contributed by atoms with Crippen molar-refractivity contribution in [3.8, 4) is 5.75 Å². The van der Waals surface area contributed by atoms with Gasteiger partial charge in [-0.3, -0.25) is 4.90 Å². The maximum Gasteiger partial charge on any atom is 0.125 e. The highest BCUT2D eigenvalue weighted by Crippen LogP contribution is 2.34. The molecule has 2 aromatic rings. The minimum Gasteiger partial charge on any atom is -0.491 e. The fourth-order valence-corrected chi connectivity index (χ4v) is 2.92. The summed E-state index contributed by atoms with van der Waals surface area (Å²) in [7, 11) is 0. The van der Waals surface area contributed by atoms with Gasteiger partial charge in [0, 0.05) is 12.1 Å². The van der Waals surface area contributed by atoms with Crippen molar-refractivity contribution in [2.45, 2.75) is 25.6 Å². The van der Waals surface area contributed by atoms with E-state index in [1.54, 1.807) is 0 Å². The van der Waals surface area contributed by atoms with Gasteiger partial charge in [0.05, 0.1) is 6.04 Å². The molecule has 0 aromatic heterocycles. The van der Waals surface area contributed by atoms with Crippen LogP contribution in [0.25, 0.3) is 0 Å². The van der Waals surface area contributed by atoms with E-state index < -0.39 is 6.10 Å². The zero-order valence-electron chi connectivity index (χ0n) is 12.3. The largest absolute Gasteiger partial charge is 0.491 e. The van der Waals surface area contributed by atoms with Crippen LogP contribution in [0.5, 0.6) is 5.75 Å². The first-order valence-corrected chi connectivity index (χ1v) is 7.47. The average molecular weight is 283 g/mol. The molecule has 3 rings (SSSR count). The molecule has 1 aliphatic heterocycles. The summed E-state index contributed by atoms with van der Waals surface area (Å²) in [6.07, 6.45) is -0.501. The predicted molar refractivity (Wildman–Crippen MR) is 83.2 cm³/mol. The second-order valence-corrected chi connectivity index (χ2v) is 5.41. The van der Waals surface area contributed by atoms with E-state index in [9.17, 15) is 5.11 Å². The second-order valence-electron chi connectivity index (χ2n) is 5.41. The number of aliphatic hydroxyl groups is 1. The van der Waals surface area contributed by atoms with Crippen LogP contribution < -0.4 is 4.74 Å². The molecule has 0 radical (unpaired) electrons. The Morgan fingerprint density at radius 3 is 2.57 bits per heavy atom. The van der Waals surface area contributed by atoms with Crippen molar-refractivity contribution < 1.29 is 9.84 Å². The van der Waals surface area contributed by atoms with Crippen molar-refractivity contribution >= 4 is 0 Å². The topological polar surface area (TPSA) is 32.7 Å². The van der Waals surface area contributed by atoms with E-state index in [0.717, 1.165) is 24.4 Å². The molecule has 0 bridgehead atoms. The Bertz CT molecular complexity index is 585. The fourth-order valence-electron chi connectivity index (χ4n) is 2.92. The first kappa shape index (κ1) is 14.1. The van der Waals surface area contributed by atoms with E-state index in [1.807, 2.05) is 42.5 Å². The number of rotatable bonds is 4. The number of hydrogen-bond acceptors (Lipinski definition) is 3. The standard InChI is InChI=1S/C18H21NO2/c1-2-19(12-14-8-4-3-5-9-14)16-13-21-17-11-7-6-10-15(17)18(16)20/h3-11,16,18,20H,2,12-13H2,1H3. The summed E-state index contributed by atoms with van der Waals surface area (Å²) in [6, 6.07) is 18.1. The number of ether oxygens (including phenoxy) is 1. The summed E-state index contributed by atoms with van der Waals surface area (Å²) in [5.41, 5.74) is 2.14. The number of benzene rings is 2. The van der Waals surface area contributed by atoms with Gasteiger partial charge in [-0.25, -0.2) is 0 Å². The van der Waals surface area contributed by atoms with Crippen molar-refractivity contribution in [1.29, 1.82) is 0 Å². The third-order valence-corrected chi connectivity index (χ3v) is 4.12. The van der Waals surface area contributed by atoms with E-state index >= 15 is 0 Å². The number of para-hydroxylation sites is 1. The number of likely N-dealkylation sites (N-methyl/N-ethyl adjacent to an activating group) is 1. The Hall–Kier alpha value is -1.84. The average Bonchev–Trinajstić information content (AvgIpc) is 2.55. The smallest absolute Gasteiger partial charge is 0.125 e. The van der Waals surface area contributed by atoms with Crippen molar-refractivity contribution in [2.24, 2.45) is 0 Å². The summed E-state index contributed by atoms with van der Waals surface area (Å²) in [6.45, 7) is 4.35. The molecule has 21 heavy (non-hydrogen) atoms. The van der Waals surface area contributed by atoms with Crippen LogP contribution in [-0.4, -0.2) is 29.2 Å². The zero-order chi connectivity index (χ0) is 14.7. The van der Waals surface area contributed by atoms with Gasteiger partial charge in [-0.1, -0.05) is 55.5 Å². The van der Waals surface area contributed by atoms with E-state index in [0.29, 0.717) is 6.61 Å². The Morgan fingerprint density at radius 1 is 1.10 bits per heavy atom. The van der Waals surface area contributed by atoms with E-state index in [-0.39, 0.29) is 6.04 Å². The lowest BCUT2D eigenvalue weighted by Crippen LogP contribution is -2.45.